The molecule has 0 aliphatic heterocycles. The Balaban J connectivity index is 0.963. The van der Waals surface area contributed by atoms with Crippen molar-refractivity contribution in [3.63, 3.8) is 0 Å². The Hall–Kier alpha value is -8.81. The maximum absolute atomic E-state index is 6.34. The highest BCUT2D eigenvalue weighted by Crippen LogP contribution is 2.43. The lowest BCUT2D eigenvalue weighted by Gasteiger charge is -2.12. The van der Waals surface area contributed by atoms with Crippen LogP contribution >= 0.6 is 0 Å². The van der Waals surface area contributed by atoms with Crippen LogP contribution in [-0.4, -0.2) is 28.7 Å². The van der Waals surface area contributed by atoms with Gasteiger partial charge in [0, 0.05) is 65.6 Å². The third-order valence-electron chi connectivity index (χ3n) is 12.9. The summed E-state index contributed by atoms with van der Waals surface area (Å²) in [7, 11) is 0. The molecule has 0 saturated carbocycles. The maximum Gasteiger partial charge on any atom is 0.238 e. The summed E-state index contributed by atoms with van der Waals surface area (Å²) in [5.41, 5.74) is 12.3. The minimum absolute atomic E-state index is 0.548. The van der Waals surface area contributed by atoms with E-state index < -0.39 is 0 Å². The van der Waals surface area contributed by atoms with Crippen molar-refractivity contribution >= 4 is 87.4 Å². The van der Waals surface area contributed by atoms with Crippen molar-refractivity contribution in [2.45, 2.75) is 0 Å². The molecule has 0 atom stereocenters. The molecule has 9 aromatic carbocycles. The quantitative estimate of drug-likeness (QED) is 0.173. The van der Waals surface area contributed by atoms with Crippen LogP contribution in [-0.2, 0) is 0 Å². The van der Waals surface area contributed by atoms with E-state index in [0.29, 0.717) is 17.6 Å². The molecule has 0 radical (unpaired) electrons. The fourth-order valence-electron chi connectivity index (χ4n) is 10.1. The number of furan rings is 1. The molecule has 14 aromatic rings. The van der Waals surface area contributed by atoms with E-state index in [2.05, 4.69) is 196 Å². The van der Waals surface area contributed by atoms with Gasteiger partial charge < -0.3 is 13.6 Å². The van der Waals surface area contributed by atoms with Gasteiger partial charge in [-0.25, -0.2) is 4.98 Å². The summed E-state index contributed by atoms with van der Waals surface area (Å²) in [5, 5.41) is 9.35. The molecule has 7 heteroatoms. The largest absolute Gasteiger partial charge is 0.456 e. The van der Waals surface area contributed by atoms with Gasteiger partial charge in [0.05, 0.1) is 33.1 Å². The smallest absolute Gasteiger partial charge is 0.238 e. The van der Waals surface area contributed by atoms with Crippen LogP contribution in [0.4, 0.5) is 0 Å². The summed E-state index contributed by atoms with van der Waals surface area (Å²) in [6.07, 6.45) is 0. The molecule has 0 aliphatic rings. The number of fused-ring (bicyclic) bond motifs is 13. The predicted octanol–water partition coefficient (Wildman–Crippen LogP) is 14.4. The molecule has 0 amide bonds. The molecule has 0 N–H and O–H groups in total. The van der Waals surface area contributed by atoms with Crippen LogP contribution in [0.1, 0.15) is 0 Å². The first-order valence-corrected chi connectivity index (χ1v) is 21.5. The molecule has 0 spiro atoms. The average Bonchev–Trinajstić information content (AvgIpc) is 4.10. The summed E-state index contributed by atoms with van der Waals surface area (Å²) in [6, 6.07) is 72.6. The Labute approximate surface area is 365 Å². The van der Waals surface area contributed by atoms with E-state index >= 15 is 0 Å². The van der Waals surface area contributed by atoms with Crippen LogP contribution in [0.3, 0.4) is 0 Å². The number of rotatable bonds is 5. The summed E-state index contributed by atoms with van der Waals surface area (Å²) in [5.74, 6) is 1.69. The molecule has 5 aromatic heterocycles. The third-order valence-corrected chi connectivity index (χ3v) is 12.9. The van der Waals surface area contributed by atoms with Crippen LogP contribution in [0.2, 0.25) is 0 Å². The molecule has 0 saturated heterocycles. The van der Waals surface area contributed by atoms with Gasteiger partial charge in [0.25, 0.3) is 0 Å². The number of benzene rings is 9. The normalized spacial score (nSPS) is 12.1. The average molecular weight is 819 g/mol. The number of hydrogen-bond donors (Lipinski definition) is 0. The fraction of sp³-hybridized carbons (Fsp3) is 0. The van der Waals surface area contributed by atoms with Gasteiger partial charge in [-0.2, -0.15) is 9.97 Å². The number of aromatic nitrogens is 6. The van der Waals surface area contributed by atoms with E-state index in [1.165, 1.54) is 32.6 Å². The number of hydrogen-bond acceptors (Lipinski definition) is 4. The van der Waals surface area contributed by atoms with Gasteiger partial charge in [-0.1, -0.05) is 115 Å². The lowest BCUT2D eigenvalue weighted by atomic mass is 10.1. The Bertz CT molecular complexity index is 4140. The van der Waals surface area contributed by atoms with Crippen molar-refractivity contribution in [1.82, 2.24) is 28.7 Å². The predicted molar refractivity (Wildman–Crippen MR) is 261 cm³/mol. The molecule has 0 bridgehead atoms. The molecule has 0 aliphatic carbocycles. The van der Waals surface area contributed by atoms with Crippen molar-refractivity contribution in [2.24, 2.45) is 0 Å². The molecule has 298 valence electrons. The summed E-state index contributed by atoms with van der Waals surface area (Å²) >= 11 is 0. The number of para-hydroxylation sites is 6. The van der Waals surface area contributed by atoms with E-state index in [-0.39, 0.29) is 0 Å². The van der Waals surface area contributed by atoms with Gasteiger partial charge in [-0.15, -0.1) is 0 Å². The second-order valence-corrected chi connectivity index (χ2v) is 16.4. The second kappa shape index (κ2) is 13.3. The van der Waals surface area contributed by atoms with Crippen molar-refractivity contribution in [2.75, 3.05) is 0 Å². The summed E-state index contributed by atoms with van der Waals surface area (Å²) in [6.45, 7) is 0. The molecule has 0 fully saturated rings. The Kier molecular flexibility index (Phi) is 7.27. The van der Waals surface area contributed by atoms with Gasteiger partial charge in [-0.3, -0.25) is 4.57 Å². The highest BCUT2D eigenvalue weighted by Gasteiger charge is 2.22. The number of nitrogens with zero attached hydrogens (tertiary/aromatic N) is 6. The van der Waals surface area contributed by atoms with Crippen molar-refractivity contribution in [3.05, 3.63) is 206 Å². The summed E-state index contributed by atoms with van der Waals surface area (Å²) < 4.78 is 13.3. The molecule has 5 heterocycles. The Morgan fingerprint density at radius 2 is 0.750 bits per heavy atom. The van der Waals surface area contributed by atoms with Crippen LogP contribution in [0, 0.1) is 0 Å². The van der Waals surface area contributed by atoms with E-state index in [4.69, 9.17) is 19.4 Å². The van der Waals surface area contributed by atoms with Crippen molar-refractivity contribution in [3.8, 4) is 40.1 Å². The zero-order valence-corrected chi connectivity index (χ0v) is 34.2. The molecular formula is C57H34N6O. The molecule has 0 unspecified atom stereocenters. The van der Waals surface area contributed by atoms with Crippen molar-refractivity contribution in [1.29, 1.82) is 0 Å². The lowest BCUT2D eigenvalue weighted by Crippen LogP contribution is -2.06. The topological polar surface area (TPSA) is 66.6 Å². The monoisotopic (exact) mass is 818 g/mol. The first kappa shape index (κ1) is 34.9. The van der Waals surface area contributed by atoms with E-state index in [1.54, 1.807) is 0 Å². The molecule has 64 heavy (non-hydrogen) atoms. The summed E-state index contributed by atoms with van der Waals surface area (Å²) in [4.78, 5) is 15.7. The van der Waals surface area contributed by atoms with Gasteiger partial charge >= 0.3 is 0 Å². The van der Waals surface area contributed by atoms with Gasteiger partial charge in [0.15, 0.2) is 11.6 Å². The SMILES string of the molecule is c1ccc(-n2c3ccccc3c3c4c5ccccc5n(-c5ccc(-c6nc(-c7ccc8c(c7)oc7ccccc78)nc(-n7c8ccccc8c8ccccc87)n6)cc5)c4ccc32)cc1. The Morgan fingerprint density at radius 1 is 0.297 bits per heavy atom. The first-order valence-electron chi connectivity index (χ1n) is 21.5. The minimum Gasteiger partial charge on any atom is -0.456 e. The van der Waals surface area contributed by atoms with Crippen LogP contribution in [0.25, 0.3) is 127 Å². The van der Waals surface area contributed by atoms with Gasteiger partial charge in [-0.05, 0) is 91.0 Å². The van der Waals surface area contributed by atoms with E-state index in [9.17, 15) is 0 Å². The molecule has 7 nitrogen and oxygen atoms in total. The fourth-order valence-corrected chi connectivity index (χ4v) is 10.1. The third kappa shape index (κ3) is 5.00. The van der Waals surface area contributed by atoms with Crippen molar-refractivity contribution < 1.29 is 4.42 Å². The van der Waals surface area contributed by atoms with Gasteiger partial charge in [0.1, 0.15) is 11.2 Å². The molecular weight excluding hydrogens is 785 g/mol. The van der Waals surface area contributed by atoms with Crippen LogP contribution < -0.4 is 0 Å². The van der Waals surface area contributed by atoms with Crippen LogP contribution in [0.5, 0.6) is 0 Å². The Morgan fingerprint density at radius 3 is 1.36 bits per heavy atom. The van der Waals surface area contributed by atoms with E-state index in [1.807, 2.05) is 24.3 Å². The zero-order chi connectivity index (χ0) is 41.9. The van der Waals surface area contributed by atoms with E-state index in [0.717, 1.165) is 77.3 Å². The van der Waals surface area contributed by atoms with Gasteiger partial charge in [0.2, 0.25) is 5.95 Å². The lowest BCUT2D eigenvalue weighted by molar-refractivity contribution is 0.669. The second-order valence-electron chi connectivity index (χ2n) is 16.4. The van der Waals surface area contributed by atoms with Crippen LogP contribution in [0.15, 0.2) is 211 Å². The molecule has 14 rings (SSSR count). The maximum atomic E-state index is 6.34. The highest BCUT2D eigenvalue weighted by molar-refractivity contribution is 6.29. The minimum atomic E-state index is 0.548. The highest BCUT2D eigenvalue weighted by atomic mass is 16.3. The first-order chi connectivity index (χ1) is 31.7. The zero-order valence-electron chi connectivity index (χ0n) is 34.2. The standard InChI is InChI=1S/C57H34N6O/c1-2-14-37(15-3-1)61-47-23-11-6-19-43(47)53-49(61)32-33-50-54(53)44-20-7-12-24-48(44)62(50)38-29-26-35(27-30-38)55-58-56(36-28-31-42-41-18-8-13-25-51(41)64-52(42)34-36)60-57(59-55)63-45-21-9-4-16-39(45)40-17-5-10-22-46(40)63/h1-34H.